The van der Waals surface area contributed by atoms with Crippen molar-refractivity contribution in [1.82, 2.24) is 14.8 Å². The van der Waals surface area contributed by atoms with Gasteiger partial charge in [-0.05, 0) is 29.3 Å². The Morgan fingerprint density at radius 2 is 1.83 bits per heavy atom. The Balaban J connectivity index is 1.70. The molecule has 2 aliphatic rings. The third-order valence-electron chi connectivity index (χ3n) is 6.10. The summed E-state index contributed by atoms with van der Waals surface area (Å²) in [6.45, 7) is 0.0572. The van der Waals surface area contributed by atoms with Gasteiger partial charge >= 0.3 is 5.97 Å². The smallest absolute Gasteiger partial charge is 0.337 e. The second kappa shape index (κ2) is 6.73. The topological polar surface area (TPSA) is 82.7 Å². The number of benzene rings is 2. The van der Waals surface area contributed by atoms with Gasteiger partial charge in [0.25, 0.3) is 0 Å². The number of carbonyl (C=O) groups excluding carboxylic acids is 3. The number of methoxy groups -OCH3 is 1. The summed E-state index contributed by atoms with van der Waals surface area (Å²) in [6, 6.07) is 14.0. The first-order chi connectivity index (χ1) is 14.5. The van der Waals surface area contributed by atoms with Crippen LogP contribution in [0.25, 0.3) is 10.9 Å². The summed E-state index contributed by atoms with van der Waals surface area (Å²) in [5.74, 6) is -0.560. The van der Waals surface area contributed by atoms with Crippen molar-refractivity contribution in [3.05, 3.63) is 70.9 Å². The Hall–Kier alpha value is -3.61. The van der Waals surface area contributed by atoms with E-state index in [1.807, 2.05) is 36.4 Å². The van der Waals surface area contributed by atoms with Crippen LogP contribution in [0.3, 0.4) is 0 Å². The number of aromatic amines is 1. The van der Waals surface area contributed by atoms with Crippen LogP contribution in [0.1, 0.15) is 33.2 Å². The van der Waals surface area contributed by atoms with Gasteiger partial charge in [-0.3, -0.25) is 9.59 Å². The van der Waals surface area contributed by atoms with E-state index >= 15 is 0 Å². The molecule has 0 aliphatic carbocycles. The molecule has 0 spiro atoms. The first-order valence-electron chi connectivity index (χ1n) is 9.83. The van der Waals surface area contributed by atoms with Crippen molar-refractivity contribution in [3.63, 3.8) is 0 Å². The van der Waals surface area contributed by atoms with Gasteiger partial charge in [0.1, 0.15) is 6.04 Å². The molecule has 2 aliphatic heterocycles. The van der Waals surface area contributed by atoms with Gasteiger partial charge in [0.15, 0.2) is 0 Å². The second-order valence-corrected chi connectivity index (χ2v) is 7.79. The zero-order chi connectivity index (χ0) is 21.0. The molecule has 5 rings (SSSR count). The number of para-hydroxylation sites is 1. The number of hydrogen-bond donors (Lipinski definition) is 1. The van der Waals surface area contributed by atoms with Crippen LogP contribution in [0.4, 0.5) is 0 Å². The van der Waals surface area contributed by atoms with Crippen LogP contribution >= 0.6 is 0 Å². The van der Waals surface area contributed by atoms with Crippen molar-refractivity contribution in [1.29, 1.82) is 0 Å². The molecule has 1 N–H and O–H groups in total. The predicted molar refractivity (Wildman–Crippen MR) is 110 cm³/mol. The van der Waals surface area contributed by atoms with Crippen molar-refractivity contribution < 1.29 is 19.1 Å². The van der Waals surface area contributed by atoms with E-state index in [9.17, 15) is 14.4 Å². The number of fused-ring (bicyclic) bond motifs is 4. The summed E-state index contributed by atoms with van der Waals surface area (Å²) in [4.78, 5) is 44.6. The van der Waals surface area contributed by atoms with Gasteiger partial charge in [0.05, 0.1) is 25.3 Å². The van der Waals surface area contributed by atoms with Gasteiger partial charge in [0.2, 0.25) is 11.8 Å². The van der Waals surface area contributed by atoms with Crippen LogP contribution in [0, 0.1) is 0 Å². The number of amides is 2. The lowest BCUT2D eigenvalue weighted by atomic mass is 9.86. The summed E-state index contributed by atoms with van der Waals surface area (Å²) >= 11 is 0. The number of ether oxygens (including phenoxy) is 1. The van der Waals surface area contributed by atoms with Gasteiger partial charge in [-0.15, -0.1) is 0 Å². The quantitative estimate of drug-likeness (QED) is 0.666. The van der Waals surface area contributed by atoms with E-state index in [4.69, 9.17) is 4.74 Å². The molecule has 1 saturated heterocycles. The van der Waals surface area contributed by atoms with Crippen molar-refractivity contribution in [2.75, 3.05) is 20.7 Å². The normalized spacial score (nSPS) is 20.9. The maximum atomic E-state index is 13.1. The number of carbonyl (C=O) groups is 3. The van der Waals surface area contributed by atoms with Gasteiger partial charge in [0, 0.05) is 30.1 Å². The number of esters is 1. The molecule has 3 aromatic rings. The summed E-state index contributed by atoms with van der Waals surface area (Å²) < 4.78 is 4.79. The molecule has 1 aromatic heterocycles. The number of rotatable bonds is 2. The van der Waals surface area contributed by atoms with E-state index in [-0.39, 0.29) is 18.4 Å². The predicted octanol–water partition coefficient (Wildman–Crippen LogP) is 2.27. The fourth-order valence-electron chi connectivity index (χ4n) is 4.67. The number of H-pyrrole nitrogens is 1. The number of aromatic nitrogens is 1. The Labute approximate surface area is 173 Å². The van der Waals surface area contributed by atoms with E-state index in [1.54, 1.807) is 24.1 Å². The molecule has 1 fully saturated rings. The third kappa shape index (κ3) is 2.62. The molecular weight excluding hydrogens is 382 g/mol. The lowest BCUT2D eigenvalue weighted by molar-refractivity contribution is -0.157. The van der Waals surface area contributed by atoms with Crippen LogP contribution in [-0.2, 0) is 20.7 Å². The lowest BCUT2D eigenvalue weighted by Gasteiger charge is -2.46. The third-order valence-corrected chi connectivity index (χ3v) is 6.10. The molecule has 7 nitrogen and oxygen atoms in total. The molecule has 0 saturated carbocycles. The second-order valence-electron chi connectivity index (χ2n) is 7.79. The van der Waals surface area contributed by atoms with Crippen LogP contribution in [0.2, 0.25) is 0 Å². The molecule has 0 bridgehead atoms. The highest BCUT2D eigenvalue weighted by atomic mass is 16.5. The Kier molecular flexibility index (Phi) is 4.13. The van der Waals surface area contributed by atoms with E-state index < -0.39 is 18.1 Å². The van der Waals surface area contributed by atoms with E-state index in [2.05, 4.69) is 4.98 Å². The van der Waals surface area contributed by atoms with Gasteiger partial charge in [-0.1, -0.05) is 30.3 Å². The monoisotopic (exact) mass is 403 g/mol. The molecule has 0 unspecified atom stereocenters. The average Bonchev–Trinajstić information content (AvgIpc) is 3.14. The minimum Gasteiger partial charge on any atom is -0.465 e. The minimum absolute atomic E-state index is 0.0540. The molecule has 2 amide bonds. The van der Waals surface area contributed by atoms with E-state index in [1.165, 1.54) is 12.0 Å². The van der Waals surface area contributed by atoms with Crippen molar-refractivity contribution >= 4 is 28.7 Å². The number of piperazine rings is 1. The highest BCUT2D eigenvalue weighted by Gasteiger charge is 2.47. The lowest BCUT2D eigenvalue weighted by Crippen LogP contribution is -2.62. The zero-order valence-electron chi connectivity index (χ0n) is 16.7. The van der Waals surface area contributed by atoms with Crippen molar-refractivity contribution in [2.45, 2.75) is 18.5 Å². The SMILES string of the molecule is COC(=O)c1ccc([C@H]2c3[nH]c4ccccc4c3C[C@H]3C(=O)N(C)CC(=O)N23)cc1. The van der Waals surface area contributed by atoms with Gasteiger partial charge < -0.3 is 19.5 Å². The Morgan fingerprint density at radius 3 is 2.57 bits per heavy atom. The fourth-order valence-corrected chi connectivity index (χ4v) is 4.67. The molecular formula is C23H21N3O4. The number of likely N-dealkylation sites (N-methyl/N-ethyl adjacent to an activating group) is 1. The summed E-state index contributed by atoms with van der Waals surface area (Å²) in [6.07, 6.45) is 0.477. The van der Waals surface area contributed by atoms with Crippen LogP contribution in [-0.4, -0.2) is 59.3 Å². The largest absolute Gasteiger partial charge is 0.465 e. The molecule has 2 aromatic carbocycles. The Bertz CT molecular complexity index is 1180. The highest BCUT2D eigenvalue weighted by molar-refractivity contribution is 5.97. The molecule has 0 radical (unpaired) electrons. The maximum Gasteiger partial charge on any atom is 0.337 e. The minimum atomic E-state index is -0.548. The average molecular weight is 403 g/mol. The number of hydrogen-bond acceptors (Lipinski definition) is 4. The van der Waals surface area contributed by atoms with E-state index in [0.29, 0.717) is 12.0 Å². The van der Waals surface area contributed by atoms with E-state index in [0.717, 1.165) is 27.7 Å². The first-order valence-corrected chi connectivity index (χ1v) is 9.83. The molecule has 3 heterocycles. The first kappa shape index (κ1) is 18.4. The summed E-state index contributed by atoms with van der Waals surface area (Å²) in [7, 11) is 3.01. The standard InChI is InChI=1S/C23H21N3O4/c1-25-12-19(27)26-18(22(25)28)11-16-15-5-3-4-6-17(15)24-20(16)21(26)13-7-9-14(10-8-13)23(29)30-2/h3-10,18,21,24H,11-12H2,1-2H3/t18-,21-/m0/s1. The van der Waals surface area contributed by atoms with Crippen molar-refractivity contribution in [2.24, 2.45) is 0 Å². The van der Waals surface area contributed by atoms with Gasteiger partial charge in [-0.25, -0.2) is 4.79 Å². The molecule has 30 heavy (non-hydrogen) atoms. The van der Waals surface area contributed by atoms with Crippen molar-refractivity contribution in [3.8, 4) is 0 Å². The highest BCUT2D eigenvalue weighted by Crippen LogP contribution is 2.42. The fraction of sp³-hybridized carbons (Fsp3) is 0.261. The maximum absolute atomic E-state index is 13.1. The zero-order valence-corrected chi connectivity index (χ0v) is 16.7. The molecule has 7 heteroatoms. The van der Waals surface area contributed by atoms with Gasteiger partial charge in [-0.2, -0.15) is 0 Å². The number of nitrogens with zero attached hydrogens (tertiary/aromatic N) is 2. The van der Waals surface area contributed by atoms with Crippen LogP contribution < -0.4 is 0 Å². The summed E-state index contributed by atoms with van der Waals surface area (Å²) in [5.41, 5.74) is 4.23. The van der Waals surface area contributed by atoms with Crippen LogP contribution in [0.15, 0.2) is 48.5 Å². The number of nitrogens with one attached hydrogen (secondary N) is 1. The molecule has 2 atom stereocenters. The Morgan fingerprint density at radius 1 is 1.10 bits per heavy atom. The summed E-state index contributed by atoms with van der Waals surface area (Å²) in [5, 5.41) is 1.07. The van der Waals surface area contributed by atoms with Crippen LogP contribution in [0.5, 0.6) is 0 Å². The molecule has 152 valence electrons.